The predicted molar refractivity (Wildman–Crippen MR) is 75.1 cm³/mol. The van der Waals surface area contributed by atoms with Gasteiger partial charge in [0.2, 0.25) is 0 Å². The van der Waals surface area contributed by atoms with E-state index in [4.69, 9.17) is 22.2 Å². The minimum Gasteiger partial charge on any atom is -0.144 e. The summed E-state index contributed by atoms with van der Waals surface area (Å²) in [6.45, 7) is 2.09. The van der Waals surface area contributed by atoms with Crippen LogP contribution in [0.2, 0.25) is 0 Å². The molecule has 0 bridgehead atoms. The van der Waals surface area contributed by atoms with Crippen molar-refractivity contribution in [1.29, 1.82) is 0 Å². The lowest BCUT2D eigenvalue weighted by Crippen LogP contribution is -2.18. The van der Waals surface area contributed by atoms with Crippen molar-refractivity contribution >= 4 is 34.8 Å². The van der Waals surface area contributed by atoms with Crippen LogP contribution in [0.25, 0.3) is 11.1 Å². The Morgan fingerprint density at radius 3 is 2.19 bits per heavy atom. The van der Waals surface area contributed by atoms with E-state index in [-0.39, 0.29) is 0 Å². The summed E-state index contributed by atoms with van der Waals surface area (Å²) in [5.74, 6) is 0. The lowest BCUT2D eigenvalue weighted by molar-refractivity contribution is 1.47. The van der Waals surface area contributed by atoms with Gasteiger partial charge in [-0.25, -0.2) is 0 Å². The first-order chi connectivity index (χ1) is 7.68. The summed E-state index contributed by atoms with van der Waals surface area (Å²) in [4.78, 5) is 0. The molecule has 0 saturated carbocycles. The highest BCUT2D eigenvalue weighted by Gasteiger charge is 2.08. The number of hydrogen-bond donors (Lipinski definition) is 0. The monoisotopic (exact) mass is 266 g/mol. The van der Waals surface area contributed by atoms with Crippen LogP contribution in [0.1, 0.15) is 5.56 Å². The summed E-state index contributed by atoms with van der Waals surface area (Å²) in [5, 5.41) is 1.08. The van der Waals surface area contributed by atoms with Gasteiger partial charge in [-0.2, -0.15) is 0 Å². The van der Waals surface area contributed by atoms with Gasteiger partial charge in [0.25, 0.3) is 7.42 Å². The maximum atomic E-state index is 5.98. The molecule has 82 valence electrons. The zero-order valence-corrected chi connectivity index (χ0v) is 11.6. The maximum absolute atomic E-state index is 5.98. The highest BCUT2D eigenvalue weighted by Crippen LogP contribution is 2.22. The van der Waals surface area contributed by atoms with Crippen LogP contribution in [0, 0.1) is 6.92 Å². The van der Waals surface area contributed by atoms with Gasteiger partial charge in [0.1, 0.15) is 0 Å². The molecule has 0 aliphatic heterocycles. The van der Waals surface area contributed by atoms with Crippen LogP contribution < -0.4 is 5.19 Å². The number of rotatable bonds is 2. The minimum atomic E-state index is -1.73. The van der Waals surface area contributed by atoms with E-state index in [2.05, 4.69) is 31.2 Å². The Balaban J connectivity index is 2.45. The highest BCUT2D eigenvalue weighted by molar-refractivity contribution is 7.39. The molecule has 3 heteroatoms. The number of halogens is 2. The van der Waals surface area contributed by atoms with Crippen LogP contribution in [0.3, 0.4) is 0 Å². The molecule has 0 saturated heterocycles. The smallest absolute Gasteiger partial charge is 0.144 e. The lowest BCUT2D eigenvalue weighted by Gasteiger charge is -2.08. The third kappa shape index (κ3) is 2.49. The topological polar surface area (TPSA) is 0 Å². The normalized spacial score (nSPS) is 10.8. The summed E-state index contributed by atoms with van der Waals surface area (Å²) in [6, 6.07) is 16.6. The quantitative estimate of drug-likeness (QED) is 0.576. The zero-order chi connectivity index (χ0) is 11.5. The number of benzene rings is 2. The van der Waals surface area contributed by atoms with E-state index in [1.54, 1.807) is 0 Å². The number of hydrogen-bond acceptors (Lipinski definition) is 0. The van der Waals surface area contributed by atoms with Crippen molar-refractivity contribution in [2.45, 2.75) is 6.92 Å². The predicted octanol–water partition coefficient (Wildman–Crippen LogP) is 3.57. The average Bonchev–Trinajstić information content (AvgIpc) is 2.30. The van der Waals surface area contributed by atoms with Crippen molar-refractivity contribution in [2.75, 3.05) is 0 Å². The van der Waals surface area contributed by atoms with E-state index in [9.17, 15) is 0 Å². The van der Waals surface area contributed by atoms with Gasteiger partial charge in [-0.1, -0.05) is 48.5 Å². The van der Waals surface area contributed by atoms with Crippen LogP contribution in [0.15, 0.2) is 48.5 Å². The van der Waals surface area contributed by atoms with Crippen molar-refractivity contribution in [3.05, 3.63) is 54.1 Å². The summed E-state index contributed by atoms with van der Waals surface area (Å²) in [7, 11) is -1.73. The molecule has 0 aliphatic carbocycles. The summed E-state index contributed by atoms with van der Waals surface area (Å²) >= 11 is 12.0. The van der Waals surface area contributed by atoms with Gasteiger partial charge >= 0.3 is 0 Å². The van der Waals surface area contributed by atoms with Gasteiger partial charge in [0.15, 0.2) is 0 Å². The second-order valence-electron chi connectivity index (χ2n) is 3.74. The van der Waals surface area contributed by atoms with Crippen molar-refractivity contribution in [1.82, 2.24) is 0 Å². The molecule has 0 amide bonds. The first-order valence-electron chi connectivity index (χ1n) is 5.12. The molecule has 2 rings (SSSR count). The Morgan fingerprint density at radius 1 is 0.938 bits per heavy atom. The van der Waals surface area contributed by atoms with Crippen LogP contribution in [0.5, 0.6) is 0 Å². The largest absolute Gasteiger partial charge is 0.266 e. The molecule has 0 aromatic heterocycles. The molecule has 0 spiro atoms. The average molecular weight is 267 g/mol. The van der Waals surface area contributed by atoms with E-state index in [1.165, 1.54) is 16.7 Å². The maximum Gasteiger partial charge on any atom is 0.266 e. The van der Waals surface area contributed by atoms with Gasteiger partial charge in [0.05, 0.1) is 0 Å². The second kappa shape index (κ2) is 5.04. The summed E-state index contributed by atoms with van der Waals surface area (Å²) < 4.78 is 0. The first-order valence-corrected chi connectivity index (χ1v) is 9.19. The van der Waals surface area contributed by atoms with Gasteiger partial charge in [-0.05, 0) is 28.8 Å². The van der Waals surface area contributed by atoms with Crippen molar-refractivity contribution < 1.29 is 0 Å². The number of aryl methyl sites for hydroxylation is 1. The van der Waals surface area contributed by atoms with E-state index in [0.717, 1.165) is 5.19 Å². The molecule has 2 aromatic rings. The fourth-order valence-electron chi connectivity index (χ4n) is 1.76. The van der Waals surface area contributed by atoms with Crippen molar-refractivity contribution in [3.8, 4) is 11.1 Å². The fourth-order valence-corrected chi connectivity index (χ4v) is 3.20. The minimum absolute atomic E-state index is 1.08. The van der Waals surface area contributed by atoms with E-state index < -0.39 is 7.42 Å². The van der Waals surface area contributed by atoms with Gasteiger partial charge in [-0.15, -0.1) is 22.2 Å². The van der Waals surface area contributed by atoms with Gasteiger partial charge < -0.3 is 0 Å². The van der Waals surface area contributed by atoms with Gasteiger partial charge in [0, 0.05) is 0 Å². The van der Waals surface area contributed by atoms with Crippen molar-refractivity contribution in [3.63, 3.8) is 0 Å². The Kier molecular flexibility index (Phi) is 3.69. The van der Waals surface area contributed by atoms with Crippen LogP contribution in [-0.2, 0) is 0 Å². The molecular formula is C13H12Cl2Si. The van der Waals surface area contributed by atoms with Crippen LogP contribution >= 0.6 is 22.2 Å². The third-order valence-electron chi connectivity index (χ3n) is 2.59. The lowest BCUT2D eigenvalue weighted by atomic mass is 10.0. The molecule has 0 radical (unpaired) electrons. The third-order valence-corrected chi connectivity index (χ3v) is 4.96. The van der Waals surface area contributed by atoms with Crippen molar-refractivity contribution in [2.24, 2.45) is 0 Å². The Labute approximate surface area is 107 Å². The van der Waals surface area contributed by atoms with E-state index >= 15 is 0 Å². The second-order valence-corrected chi connectivity index (χ2v) is 8.30. The fraction of sp³-hybridized carbons (Fsp3) is 0.0769. The molecule has 0 unspecified atom stereocenters. The Morgan fingerprint density at radius 2 is 1.62 bits per heavy atom. The highest BCUT2D eigenvalue weighted by atomic mass is 35.7. The molecule has 0 N–H and O–H groups in total. The molecule has 0 heterocycles. The Bertz CT molecular complexity index is 481. The van der Waals surface area contributed by atoms with Gasteiger partial charge in [-0.3, -0.25) is 0 Å². The first kappa shape index (κ1) is 11.7. The molecule has 0 nitrogen and oxygen atoms in total. The zero-order valence-electron chi connectivity index (χ0n) is 8.95. The summed E-state index contributed by atoms with van der Waals surface area (Å²) in [6.07, 6.45) is 0. The molecule has 0 atom stereocenters. The molecule has 0 aliphatic rings. The standard InChI is InChI=1S/C13H12Cl2Si/c1-10-9-12(16(14)15)7-8-13(10)11-5-3-2-4-6-11/h2-9,16H,1H3. The molecule has 16 heavy (non-hydrogen) atoms. The van der Waals surface area contributed by atoms with Crippen LogP contribution in [-0.4, -0.2) is 7.42 Å². The SMILES string of the molecule is Cc1cc([SiH](Cl)Cl)ccc1-c1ccccc1. The van der Waals surface area contributed by atoms with E-state index in [0.29, 0.717) is 0 Å². The molecule has 2 aromatic carbocycles. The van der Waals surface area contributed by atoms with Crippen LogP contribution in [0.4, 0.5) is 0 Å². The molecular weight excluding hydrogens is 255 g/mol. The molecule has 0 fully saturated rings. The Hall–Kier alpha value is -0.763. The van der Waals surface area contributed by atoms with E-state index in [1.807, 2.05) is 24.3 Å². The summed E-state index contributed by atoms with van der Waals surface area (Å²) in [5.41, 5.74) is 3.70.